The van der Waals surface area contributed by atoms with Crippen LogP contribution in [0, 0.1) is 6.92 Å². The molecule has 3 rings (SSSR count). The van der Waals surface area contributed by atoms with E-state index in [0.717, 1.165) is 26.0 Å². The van der Waals surface area contributed by atoms with Crippen LogP contribution in [-0.2, 0) is 14.9 Å². The van der Waals surface area contributed by atoms with Crippen molar-refractivity contribution < 1.29 is 19.1 Å². The first-order valence-corrected chi connectivity index (χ1v) is 12.8. The Morgan fingerprint density at radius 1 is 1.12 bits per heavy atom. The third-order valence-corrected chi connectivity index (χ3v) is 6.82. The minimum absolute atomic E-state index is 0.162. The number of ether oxygens (including phenoxy) is 2. The standard InChI is InChI=1S/C26H27BrClNO4S/c1-6-32-25(31)23-22(16-7-10-18(28)11-8-16)15(2)34-24(23)29-21(30)14-33-20-12-9-17(27)13-19(20)26(3,4)5/h7-13H,6,14H2,1-5H3,(H,29,30). The first-order chi connectivity index (χ1) is 16.0. The van der Waals surface area contributed by atoms with Crippen molar-refractivity contribution in [3.63, 3.8) is 0 Å². The minimum atomic E-state index is -0.490. The number of nitrogens with one attached hydrogen (secondary N) is 1. The molecule has 1 amide bonds. The molecule has 0 spiro atoms. The maximum Gasteiger partial charge on any atom is 0.341 e. The molecule has 0 aliphatic heterocycles. The number of carbonyl (C=O) groups excluding carboxylic acids is 2. The van der Waals surface area contributed by atoms with E-state index in [1.165, 1.54) is 11.3 Å². The van der Waals surface area contributed by atoms with E-state index in [4.69, 9.17) is 21.1 Å². The topological polar surface area (TPSA) is 64.6 Å². The van der Waals surface area contributed by atoms with Crippen LogP contribution < -0.4 is 10.1 Å². The molecule has 0 fully saturated rings. The largest absolute Gasteiger partial charge is 0.483 e. The Morgan fingerprint density at radius 3 is 2.41 bits per heavy atom. The number of carbonyl (C=O) groups is 2. The Hall–Kier alpha value is -2.35. The maximum absolute atomic E-state index is 12.9. The van der Waals surface area contributed by atoms with Crippen molar-refractivity contribution in [3.8, 4) is 16.9 Å². The lowest BCUT2D eigenvalue weighted by molar-refractivity contribution is -0.118. The molecule has 8 heteroatoms. The van der Waals surface area contributed by atoms with E-state index in [2.05, 4.69) is 42.0 Å². The van der Waals surface area contributed by atoms with Crippen LogP contribution >= 0.6 is 38.9 Å². The first kappa shape index (κ1) is 26.3. The van der Waals surface area contributed by atoms with E-state index in [0.29, 0.717) is 21.3 Å². The molecule has 3 aromatic rings. The van der Waals surface area contributed by atoms with Crippen LogP contribution in [0.3, 0.4) is 0 Å². The summed E-state index contributed by atoms with van der Waals surface area (Å²) in [6.07, 6.45) is 0. The quantitative estimate of drug-likeness (QED) is 0.300. The molecule has 0 atom stereocenters. The molecule has 180 valence electrons. The van der Waals surface area contributed by atoms with E-state index >= 15 is 0 Å². The van der Waals surface area contributed by atoms with E-state index in [1.54, 1.807) is 19.1 Å². The van der Waals surface area contributed by atoms with E-state index < -0.39 is 5.97 Å². The zero-order valence-electron chi connectivity index (χ0n) is 19.8. The van der Waals surface area contributed by atoms with Crippen molar-refractivity contribution in [2.24, 2.45) is 0 Å². The van der Waals surface area contributed by atoms with Crippen molar-refractivity contribution in [1.29, 1.82) is 0 Å². The van der Waals surface area contributed by atoms with Crippen molar-refractivity contribution >= 4 is 55.7 Å². The summed E-state index contributed by atoms with van der Waals surface area (Å²) >= 11 is 10.9. The smallest absolute Gasteiger partial charge is 0.341 e. The summed E-state index contributed by atoms with van der Waals surface area (Å²) in [5.41, 5.74) is 2.70. The molecule has 2 aromatic carbocycles. The van der Waals surface area contributed by atoms with Gasteiger partial charge in [0.25, 0.3) is 5.91 Å². The molecule has 0 saturated carbocycles. The van der Waals surface area contributed by atoms with Gasteiger partial charge in [0.15, 0.2) is 6.61 Å². The molecule has 0 unspecified atom stereocenters. The molecule has 0 aliphatic rings. The van der Waals surface area contributed by atoms with Crippen LogP contribution in [0.2, 0.25) is 5.02 Å². The number of thiophene rings is 1. The van der Waals surface area contributed by atoms with Gasteiger partial charge in [-0.15, -0.1) is 11.3 Å². The fraction of sp³-hybridized carbons (Fsp3) is 0.308. The maximum atomic E-state index is 12.9. The van der Waals surface area contributed by atoms with Crippen LogP contribution in [0.25, 0.3) is 11.1 Å². The Bertz CT molecular complexity index is 1200. The summed E-state index contributed by atoms with van der Waals surface area (Å²) < 4.78 is 12.1. The summed E-state index contributed by atoms with van der Waals surface area (Å²) in [4.78, 5) is 26.6. The molecule has 0 aliphatic carbocycles. The molecule has 0 radical (unpaired) electrons. The third kappa shape index (κ3) is 6.20. The van der Waals surface area contributed by atoms with Gasteiger partial charge in [-0.05, 0) is 55.2 Å². The van der Waals surface area contributed by atoms with Crippen LogP contribution in [0.5, 0.6) is 5.75 Å². The van der Waals surface area contributed by atoms with Crippen molar-refractivity contribution in [2.45, 2.75) is 40.0 Å². The first-order valence-electron chi connectivity index (χ1n) is 10.8. The molecule has 0 bridgehead atoms. The Labute approximate surface area is 217 Å². The fourth-order valence-corrected chi connectivity index (χ4v) is 5.08. The second kappa shape index (κ2) is 10.9. The van der Waals surface area contributed by atoms with Gasteiger partial charge in [0.1, 0.15) is 16.3 Å². The van der Waals surface area contributed by atoms with Crippen LogP contribution in [0.1, 0.15) is 48.5 Å². The van der Waals surface area contributed by atoms with Gasteiger partial charge >= 0.3 is 5.97 Å². The third-order valence-electron chi connectivity index (χ3n) is 5.06. The number of aryl methyl sites for hydroxylation is 1. The number of halogens is 2. The van der Waals surface area contributed by atoms with Crippen molar-refractivity contribution in [3.05, 3.63) is 68.0 Å². The monoisotopic (exact) mass is 563 g/mol. The van der Waals surface area contributed by atoms with Gasteiger partial charge in [-0.25, -0.2) is 4.79 Å². The van der Waals surface area contributed by atoms with Gasteiger partial charge < -0.3 is 14.8 Å². The average molecular weight is 565 g/mol. The number of benzene rings is 2. The number of esters is 1. The summed E-state index contributed by atoms with van der Waals surface area (Å²) in [5.74, 6) is -0.214. The van der Waals surface area contributed by atoms with Gasteiger partial charge in [-0.3, -0.25) is 4.79 Å². The van der Waals surface area contributed by atoms with Crippen molar-refractivity contribution in [1.82, 2.24) is 0 Å². The minimum Gasteiger partial charge on any atom is -0.483 e. The summed E-state index contributed by atoms with van der Waals surface area (Å²) in [6.45, 7) is 9.93. The van der Waals surface area contributed by atoms with Gasteiger partial charge in [-0.1, -0.05) is 60.4 Å². The number of hydrogen-bond acceptors (Lipinski definition) is 5. The van der Waals surface area contributed by atoms with Crippen LogP contribution in [0.15, 0.2) is 46.9 Å². The number of hydrogen-bond donors (Lipinski definition) is 1. The summed E-state index contributed by atoms with van der Waals surface area (Å²) in [5, 5.41) is 3.88. The van der Waals surface area contributed by atoms with Gasteiger partial charge in [-0.2, -0.15) is 0 Å². The Morgan fingerprint density at radius 2 is 1.79 bits per heavy atom. The SMILES string of the molecule is CCOC(=O)c1c(NC(=O)COc2ccc(Br)cc2C(C)(C)C)sc(C)c1-c1ccc(Cl)cc1. The average Bonchev–Trinajstić information content (AvgIpc) is 3.08. The number of anilines is 1. The lowest BCUT2D eigenvalue weighted by atomic mass is 9.86. The lowest BCUT2D eigenvalue weighted by Gasteiger charge is -2.23. The summed E-state index contributed by atoms with van der Waals surface area (Å²) in [7, 11) is 0. The number of amides is 1. The zero-order valence-corrected chi connectivity index (χ0v) is 22.9. The Balaban J connectivity index is 1.87. The Kier molecular flexibility index (Phi) is 8.44. The predicted molar refractivity (Wildman–Crippen MR) is 142 cm³/mol. The highest BCUT2D eigenvalue weighted by Crippen LogP contribution is 2.41. The molecule has 0 saturated heterocycles. The van der Waals surface area contributed by atoms with Gasteiger partial charge in [0, 0.05) is 25.5 Å². The highest BCUT2D eigenvalue weighted by Gasteiger charge is 2.26. The molecule has 34 heavy (non-hydrogen) atoms. The lowest BCUT2D eigenvalue weighted by Crippen LogP contribution is -2.22. The van der Waals surface area contributed by atoms with Crippen LogP contribution in [-0.4, -0.2) is 25.1 Å². The second-order valence-corrected chi connectivity index (χ2v) is 11.3. The van der Waals surface area contributed by atoms with E-state index in [-0.39, 0.29) is 24.5 Å². The van der Waals surface area contributed by atoms with Crippen LogP contribution in [0.4, 0.5) is 5.00 Å². The molecular formula is C26H27BrClNO4S. The number of rotatable bonds is 7. The molecule has 1 N–H and O–H groups in total. The second-order valence-electron chi connectivity index (χ2n) is 8.69. The van der Waals surface area contributed by atoms with Gasteiger partial charge in [0.05, 0.1) is 6.61 Å². The van der Waals surface area contributed by atoms with Crippen molar-refractivity contribution in [2.75, 3.05) is 18.5 Å². The molecule has 5 nitrogen and oxygen atoms in total. The molecule has 1 aromatic heterocycles. The summed E-state index contributed by atoms with van der Waals surface area (Å²) in [6, 6.07) is 12.9. The van der Waals surface area contributed by atoms with E-state index in [1.807, 2.05) is 37.3 Å². The predicted octanol–water partition coefficient (Wildman–Crippen LogP) is 7.63. The normalized spacial score (nSPS) is 11.3. The highest BCUT2D eigenvalue weighted by molar-refractivity contribution is 9.10. The molecule has 1 heterocycles. The fourth-order valence-electron chi connectivity index (χ4n) is 3.52. The highest BCUT2D eigenvalue weighted by atomic mass is 79.9. The van der Waals surface area contributed by atoms with Gasteiger partial charge in [0.2, 0.25) is 0 Å². The molecular weight excluding hydrogens is 538 g/mol. The van der Waals surface area contributed by atoms with E-state index in [9.17, 15) is 9.59 Å². The zero-order chi connectivity index (χ0) is 25.0.